The molecule has 0 aromatic heterocycles. The SMILES string of the molecule is CCCCCCCCCC(=O)O.[Sn]. The van der Waals surface area contributed by atoms with Crippen molar-refractivity contribution in [3.05, 3.63) is 0 Å². The van der Waals surface area contributed by atoms with Crippen LogP contribution >= 0.6 is 0 Å². The van der Waals surface area contributed by atoms with Crippen LogP contribution in [0.5, 0.6) is 0 Å². The minimum atomic E-state index is -0.663. The van der Waals surface area contributed by atoms with Gasteiger partial charge in [0.25, 0.3) is 0 Å². The summed E-state index contributed by atoms with van der Waals surface area (Å²) in [5.41, 5.74) is 0. The fraction of sp³-hybridized carbons (Fsp3) is 0.900. The Bertz CT molecular complexity index is 115. The summed E-state index contributed by atoms with van der Waals surface area (Å²) in [7, 11) is 0. The summed E-state index contributed by atoms with van der Waals surface area (Å²) in [6.07, 6.45) is 8.64. The normalized spacial score (nSPS) is 9.31. The Morgan fingerprint density at radius 1 is 1.00 bits per heavy atom. The van der Waals surface area contributed by atoms with E-state index in [0.717, 1.165) is 12.8 Å². The molecule has 3 heteroatoms. The molecular formula is C10H20O2Sn. The van der Waals surface area contributed by atoms with E-state index < -0.39 is 5.97 Å². The number of unbranched alkanes of at least 4 members (excludes halogenated alkanes) is 6. The molecule has 76 valence electrons. The molecule has 0 unspecified atom stereocenters. The van der Waals surface area contributed by atoms with Crippen LogP contribution in [0, 0.1) is 0 Å². The average molecular weight is 291 g/mol. The Balaban J connectivity index is 0. The number of carboxylic acid groups (broad SMARTS) is 1. The molecule has 0 aromatic rings. The van der Waals surface area contributed by atoms with Crippen LogP contribution < -0.4 is 0 Å². The van der Waals surface area contributed by atoms with E-state index in [-0.39, 0.29) is 23.9 Å². The maximum atomic E-state index is 10.1. The van der Waals surface area contributed by atoms with Crippen molar-refractivity contribution in [2.75, 3.05) is 0 Å². The van der Waals surface area contributed by atoms with Crippen molar-refractivity contribution in [2.45, 2.75) is 58.3 Å². The van der Waals surface area contributed by atoms with Gasteiger partial charge in [-0.2, -0.15) is 0 Å². The van der Waals surface area contributed by atoms with E-state index in [1.165, 1.54) is 32.1 Å². The molecule has 0 amide bonds. The number of aliphatic carboxylic acids is 1. The van der Waals surface area contributed by atoms with Gasteiger partial charge in [0.2, 0.25) is 0 Å². The van der Waals surface area contributed by atoms with E-state index in [0.29, 0.717) is 6.42 Å². The number of rotatable bonds is 8. The minimum absolute atomic E-state index is 0. The first kappa shape index (κ1) is 15.7. The van der Waals surface area contributed by atoms with Crippen molar-refractivity contribution in [1.82, 2.24) is 0 Å². The molecule has 2 nitrogen and oxygen atoms in total. The Morgan fingerprint density at radius 2 is 1.46 bits per heavy atom. The van der Waals surface area contributed by atoms with Gasteiger partial charge in [0, 0.05) is 30.3 Å². The Morgan fingerprint density at radius 3 is 1.92 bits per heavy atom. The predicted octanol–water partition coefficient (Wildman–Crippen LogP) is 2.83. The van der Waals surface area contributed by atoms with Gasteiger partial charge in [-0.25, -0.2) is 0 Å². The zero-order valence-corrected chi connectivity index (χ0v) is 11.4. The van der Waals surface area contributed by atoms with Crippen LogP contribution in [0.25, 0.3) is 0 Å². The van der Waals surface area contributed by atoms with Crippen LogP contribution in [0.4, 0.5) is 0 Å². The molecule has 0 heterocycles. The van der Waals surface area contributed by atoms with E-state index in [1.54, 1.807) is 0 Å². The van der Waals surface area contributed by atoms with E-state index in [2.05, 4.69) is 6.92 Å². The van der Waals surface area contributed by atoms with Crippen molar-refractivity contribution in [1.29, 1.82) is 0 Å². The molecule has 0 atom stereocenters. The molecule has 4 radical (unpaired) electrons. The average Bonchev–Trinajstić information content (AvgIpc) is 2.02. The van der Waals surface area contributed by atoms with Gasteiger partial charge in [-0.05, 0) is 6.42 Å². The van der Waals surface area contributed by atoms with Crippen molar-refractivity contribution in [3.8, 4) is 0 Å². The summed E-state index contributed by atoms with van der Waals surface area (Å²) in [4.78, 5) is 10.1. The summed E-state index contributed by atoms with van der Waals surface area (Å²) < 4.78 is 0. The minimum Gasteiger partial charge on any atom is -0.481 e. The van der Waals surface area contributed by atoms with Gasteiger partial charge in [-0.3, -0.25) is 4.79 Å². The topological polar surface area (TPSA) is 37.3 Å². The largest absolute Gasteiger partial charge is 0.481 e. The number of carboxylic acids is 1. The molecule has 0 bridgehead atoms. The van der Waals surface area contributed by atoms with Crippen molar-refractivity contribution in [3.63, 3.8) is 0 Å². The molecule has 0 aliphatic carbocycles. The first-order valence-corrected chi connectivity index (χ1v) is 4.99. The van der Waals surface area contributed by atoms with Crippen LogP contribution in [-0.4, -0.2) is 35.0 Å². The summed E-state index contributed by atoms with van der Waals surface area (Å²) >= 11 is 0. The molecule has 0 aromatic carbocycles. The monoisotopic (exact) mass is 292 g/mol. The van der Waals surface area contributed by atoms with E-state index in [9.17, 15) is 4.79 Å². The molecule has 0 saturated carbocycles. The second-order valence-electron chi connectivity index (χ2n) is 3.27. The third-order valence-corrected chi connectivity index (χ3v) is 1.99. The fourth-order valence-electron chi connectivity index (χ4n) is 1.23. The molecule has 0 aliphatic heterocycles. The molecule has 1 N–H and O–H groups in total. The van der Waals surface area contributed by atoms with E-state index >= 15 is 0 Å². The van der Waals surface area contributed by atoms with Crippen LogP contribution in [-0.2, 0) is 4.79 Å². The second kappa shape index (κ2) is 12.3. The molecular weight excluding hydrogens is 271 g/mol. The molecule has 0 rings (SSSR count). The maximum absolute atomic E-state index is 10.1. The molecule has 0 aliphatic rings. The summed E-state index contributed by atoms with van der Waals surface area (Å²) in [6.45, 7) is 2.20. The molecule has 0 saturated heterocycles. The maximum Gasteiger partial charge on any atom is 0.303 e. The van der Waals surface area contributed by atoms with Gasteiger partial charge in [0.05, 0.1) is 0 Å². The third kappa shape index (κ3) is 15.1. The zero-order valence-electron chi connectivity index (χ0n) is 8.51. The smallest absolute Gasteiger partial charge is 0.303 e. The second-order valence-corrected chi connectivity index (χ2v) is 3.27. The number of carbonyl (C=O) groups is 1. The van der Waals surface area contributed by atoms with Crippen molar-refractivity contribution in [2.24, 2.45) is 0 Å². The van der Waals surface area contributed by atoms with Crippen molar-refractivity contribution >= 4 is 29.9 Å². The van der Waals surface area contributed by atoms with Crippen LogP contribution in [0.15, 0.2) is 0 Å². The van der Waals surface area contributed by atoms with Gasteiger partial charge in [-0.1, -0.05) is 45.4 Å². The quantitative estimate of drug-likeness (QED) is 0.551. The Hall–Kier alpha value is 0.269. The van der Waals surface area contributed by atoms with Crippen molar-refractivity contribution < 1.29 is 9.90 Å². The van der Waals surface area contributed by atoms with Crippen LogP contribution in [0.1, 0.15) is 58.3 Å². The molecule has 13 heavy (non-hydrogen) atoms. The third-order valence-electron chi connectivity index (χ3n) is 1.99. The van der Waals surface area contributed by atoms with Crippen LogP contribution in [0.3, 0.4) is 0 Å². The van der Waals surface area contributed by atoms with Gasteiger partial charge in [0.1, 0.15) is 0 Å². The fourth-order valence-corrected chi connectivity index (χ4v) is 1.23. The number of hydrogen-bond donors (Lipinski definition) is 1. The first-order valence-electron chi connectivity index (χ1n) is 4.99. The summed E-state index contributed by atoms with van der Waals surface area (Å²) in [5.74, 6) is -0.663. The van der Waals surface area contributed by atoms with Gasteiger partial charge < -0.3 is 5.11 Å². The van der Waals surface area contributed by atoms with Gasteiger partial charge >= 0.3 is 5.97 Å². The van der Waals surface area contributed by atoms with Crippen LogP contribution in [0.2, 0.25) is 0 Å². The molecule has 0 fully saturated rings. The summed E-state index contributed by atoms with van der Waals surface area (Å²) in [5, 5.41) is 8.35. The first-order chi connectivity index (χ1) is 5.77. The van der Waals surface area contributed by atoms with Gasteiger partial charge in [-0.15, -0.1) is 0 Å². The van der Waals surface area contributed by atoms with E-state index in [4.69, 9.17) is 5.11 Å². The standard InChI is InChI=1S/C10H20O2.Sn/c1-2-3-4-5-6-7-8-9-10(11)12;/h2-9H2,1H3,(H,11,12);. The molecule has 0 spiro atoms. The Labute approximate surface area is 98.1 Å². The van der Waals surface area contributed by atoms with Gasteiger partial charge in [0.15, 0.2) is 0 Å². The predicted molar refractivity (Wildman–Crippen MR) is 56.0 cm³/mol. The zero-order chi connectivity index (χ0) is 9.23. The Kier molecular flexibility index (Phi) is 14.8. The van der Waals surface area contributed by atoms with E-state index in [1.807, 2.05) is 0 Å². The summed E-state index contributed by atoms with van der Waals surface area (Å²) in [6, 6.07) is 0. The number of hydrogen-bond acceptors (Lipinski definition) is 1.